The van der Waals surface area contributed by atoms with Gasteiger partial charge in [0.2, 0.25) is 29.5 Å². The molecule has 0 aromatic heterocycles. The quantitative estimate of drug-likeness (QED) is 0.0193. The number of carboxylic acid groups (broad SMARTS) is 8. The Morgan fingerprint density at radius 3 is 1.20 bits per heavy atom. The summed E-state index contributed by atoms with van der Waals surface area (Å²) in [4.78, 5) is 192. The third-order valence-corrected chi connectivity index (χ3v) is 20.9. The molecular weight excluding hydrogens is 1300 g/mol. The van der Waals surface area contributed by atoms with Gasteiger partial charge in [-0.1, -0.05) is 53.7 Å². The summed E-state index contributed by atoms with van der Waals surface area (Å²) in [5.74, 6) is -15.6. The highest BCUT2D eigenvalue weighted by molar-refractivity contribution is 6.90. The van der Waals surface area contributed by atoms with Gasteiger partial charge >= 0.3 is 53.8 Å². The number of aliphatic carboxylic acids is 8. The molecule has 0 bridgehead atoms. The second-order valence-electron chi connectivity index (χ2n) is 25.4. The number of nitrogens with one attached hydrogen (secondary N) is 8. The molecule has 0 spiro atoms. The molecule has 0 aliphatic carbocycles. The van der Waals surface area contributed by atoms with Crippen molar-refractivity contribution in [3.63, 3.8) is 0 Å². The lowest BCUT2D eigenvalue weighted by atomic mass is 10.1. The fourth-order valence-corrected chi connectivity index (χ4v) is 15.3. The maximum atomic E-state index is 17.2. The molecule has 1 aromatic carbocycles. The molecular formula is C60H95FN12O23Si. The van der Waals surface area contributed by atoms with Crippen LogP contribution in [0, 0.1) is 0 Å². The van der Waals surface area contributed by atoms with Gasteiger partial charge < -0.3 is 87.5 Å². The maximum Gasteiger partial charge on any atom is 0.326 e. The largest absolute Gasteiger partial charge is 0.481 e. The standard InChI is InChI=1S/C60H95FN12O23Si/c1-59(2,3)97(61,60(4,5)6)38-14-12-37(13-15-38)52(86)67-43(32-64-47(77)33-70-24-26-71(34-49(80)81)28-30-73(36-51(84)85)31-29-72(27-25-70)35-50(82)83)53(87)66-40(55(90)91)10-7-8-22-62-44(74)19-20-45(75)63-23-9-11-39(54(88)89)65-46(76)18-16-41(56(92)93)68-58(96)69-42(57(94)95)17-21-48(78)79/h12-15,39-43H,7-11,16-36H2,1-6H3,(H,62,74)(H,63,75)(H,64,77)(H,65,76)(H,66,87)(H,67,86)(H,78,79)(H,80,81)(H,82,83)(H,84,85)(H,88,89)(H,90,91)(H,92,93)(H,94,95)(H2,68,69,96)/t39-,40+,41+,42+,43+/m1/s1. The van der Waals surface area contributed by atoms with Crippen LogP contribution < -0.4 is 47.7 Å². The molecule has 0 unspecified atom stereocenters. The predicted octanol–water partition coefficient (Wildman–Crippen LogP) is -1.95. The summed E-state index contributed by atoms with van der Waals surface area (Å²) in [7, 11) is -3.78. The highest BCUT2D eigenvalue weighted by atomic mass is 28.4. The fourth-order valence-electron chi connectivity index (χ4n) is 10.7. The summed E-state index contributed by atoms with van der Waals surface area (Å²) >= 11 is 0. The van der Waals surface area contributed by atoms with Crippen molar-refractivity contribution in [1.82, 2.24) is 62.1 Å². The molecule has 1 fully saturated rings. The molecule has 37 heteroatoms. The van der Waals surface area contributed by atoms with Crippen LogP contribution in [0.3, 0.4) is 0 Å². The minimum Gasteiger partial charge on any atom is -0.481 e. The van der Waals surface area contributed by atoms with Gasteiger partial charge in [0.25, 0.3) is 14.3 Å². The zero-order valence-corrected chi connectivity index (χ0v) is 56.4. The van der Waals surface area contributed by atoms with Crippen LogP contribution >= 0.6 is 0 Å². The first-order chi connectivity index (χ1) is 45.2. The van der Waals surface area contributed by atoms with E-state index in [1.54, 1.807) is 61.1 Å². The van der Waals surface area contributed by atoms with E-state index in [1.165, 1.54) is 24.3 Å². The summed E-state index contributed by atoms with van der Waals surface area (Å²) in [6, 6.07) is -3.56. The number of benzene rings is 1. The summed E-state index contributed by atoms with van der Waals surface area (Å²) in [5.41, 5.74) is 0.00322. The summed E-state index contributed by atoms with van der Waals surface area (Å²) in [5, 5.41) is 93.8. The molecule has 1 aliphatic heterocycles. The van der Waals surface area contributed by atoms with E-state index in [0.717, 1.165) is 0 Å². The van der Waals surface area contributed by atoms with E-state index in [1.807, 2.05) is 10.6 Å². The van der Waals surface area contributed by atoms with Gasteiger partial charge in [0.1, 0.15) is 30.2 Å². The minimum atomic E-state index is -3.78. The molecule has 97 heavy (non-hydrogen) atoms. The number of hydrogen-bond donors (Lipinski definition) is 16. The van der Waals surface area contributed by atoms with Crippen molar-refractivity contribution in [2.75, 3.05) is 98.2 Å². The van der Waals surface area contributed by atoms with Gasteiger partial charge in [-0.15, -0.1) is 0 Å². The topological polar surface area (TPSA) is 527 Å². The van der Waals surface area contributed by atoms with Crippen LogP contribution in [0.25, 0.3) is 0 Å². The molecule has 0 saturated carbocycles. The Labute approximate surface area is 560 Å². The number of halogens is 1. The number of carbonyl (C=O) groups excluding carboxylic acids is 7. The Balaban J connectivity index is 2.09. The molecule has 16 N–H and O–H groups in total. The molecule has 1 heterocycles. The van der Waals surface area contributed by atoms with Crippen molar-refractivity contribution >= 4 is 103 Å². The van der Waals surface area contributed by atoms with Crippen LogP contribution in [0.4, 0.5) is 8.90 Å². The zero-order valence-electron chi connectivity index (χ0n) is 55.4. The summed E-state index contributed by atoms with van der Waals surface area (Å²) in [6.45, 7) is 9.36. The number of carbonyl (C=O) groups is 15. The number of nitrogens with zero attached hydrogens (tertiary/aromatic N) is 4. The lowest BCUT2D eigenvalue weighted by molar-refractivity contribution is -0.142. The molecule has 8 amide bonds. The maximum absolute atomic E-state index is 17.2. The highest BCUT2D eigenvalue weighted by Gasteiger charge is 2.56. The van der Waals surface area contributed by atoms with E-state index >= 15 is 4.11 Å². The van der Waals surface area contributed by atoms with Crippen LogP contribution in [-0.4, -0.2) is 286 Å². The van der Waals surface area contributed by atoms with Gasteiger partial charge in [-0.25, -0.2) is 24.0 Å². The second-order valence-corrected chi connectivity index (χ2v) is 30.3. The van der Waals surface area contributed by atoms with E-state index in [0.29, 0.717) is 5.19 Å². The molecule has 1 aliphatic rings. The number of carboxylic acids is 8. The average Bonchev–Trinajstić information content (AvgIpc) is 0.749. The fraction of sp³-hybridized carbons (Fsp3) is 0.650. The van der Waals surface area contributed by atoms with E-state index in [-0.39, 0.29) is 129 Å². The van der Waals surface area contributed by atoms with Crippen LogP contribution in [0.1, 0.15) is 123 Å². The molecule has 5 atom stereocenters. The Morgan fingerprint density at radius 1 is 0.412 bits per heavy atom. The first-order valence-corrected chi connectivity index (χ1v) is 33.4. The third kappa shape index (κ3) is 32.1. The molecule has 2 rings (SSSR count). The highest BCUT2D eigenvalue weighted by Crippen LogP contribution is 2.51. The van der Waals surface area contributed by atoms with Crippen LogP contribution in [0.15, 0.2) is 24.3 Å². The van der Waals surface area contributed by atoms with Crippen molar-refractivity contribution in [3.8, 4) is 0 Å². The van der Waals surface area contributed by atoms with E-state index < -0.39 is 183 Å². The van der Waals surface area contributed by atoms with E-state index in [4.69, 9.17) is 5.11 Å². The molecule has 544 valence electrons. The smallest absolute Gasteiger partial charge is 0.326 e. The van der Waals surface area contributed by atoms with Gasteiger partial charge in [0, 0.05) is 103 Å². The van der Waals surface area contributed by atoms with E-state index in [2.05, 4.69) is 31.9 Å². The number of amides is 8. The number of unbranched alkanes of at least 4 members (excludes halogenated alkanes) is 1. The SMILES string of the molecule is CC(C)(C)[Si](F)(c1ccc(C(=O)N[C@@H](CNC(=O)CN2CCN(CC(=O)O)CCN(CC(=O)O)CCN(CC(=O)O)CC2)C(=O)N[C@@H](CCCCNC(=O)CCC(=O)NCCC[C@@H](NC(=O)CC[C@H](NC(=O)N[C@@H](CCC(=O)O)C(=O)O)C(=O)O)C(=O)O)C(=O)O)cc1)C(C)(C)C. The molecule has 35 nitrogen and oxygen atoms in total. The van der Waals surface area contributed by atoms with Gasteiger partial charge in [-0.3, -0.25) is 67.5 Å². The van der Waals surface area contributed by atoms with Crippen molar-refractivity contribution in [2.24, 2.45) is 0 Å². The summed E-state index contributed by atoms with van der Waals surface area (Å²) < 4.78 is 17.2. The molecule has 0 radical (unpaired) electrons. The molecule has 1 saturated heterocycles. The Hall–Kier alpha value is -8.94. The summed E-state index contributed by atoms with van der Waals surface area (Å²) in [6.07, 6.45) is -3.00. The third-order valence-electron chi connectivity index (χ3n) is 15.7. The number of urea groups is 1. The first-order valence-electron chi connectivity index (χ1n) is 31.5. The lowest BCUT2D eigenvalue weighted by Crippen LogP contribution is -2.58. The van der Waals surface area contributed by atoms with Crippen molar-refractivity contribution in [3.05, 3.63) is 29.8 Å². The van der Waals surface area contributed by atoms with Gasteiger partial charge in [-0.2, -0.15) is 0 Å². The minimum absolute atomic E-state index is 0.00322. The van der Waals surface area contributed by atoms with Crippen LogP contribution in [-0.2, 0) is 62.3 Å². The second kappa shape index (κ2) is 41.2. The Kier molecular flexibility index (Phi) is 35.8. The lowest BCUT2D eigenvalue weighted by Gasteiger charge is -2.44. The van der Waals surface area contributed by atoms with Crippen molar-refractivity contribution < 1.29 is 117 Å². The van der Waals surface area contributed by atoms with Crippen molar-refractivity contribution in [2.45, 2.75) is 152 Å². The van der Waals surface area contributed by atoms with Gasteiger partial charge in [0.15, 0.2) is 0 Å². The normalized spacial score (nSPS) is 15.5. The monoisotopic (exact) mass is 1400 g/mol. The number of rotatable bonds is 40. The van der Waals surface area contributed by atoms with Gasteiger partial charge in [0.05, 0.1) is 26.2 Å². The average molecular weight is 1400 g/mol. The van der Waals surface area contributed by atoms with E-state index in [9.17, 15) is 108 Å². The Bertz CT molecular complexity index is 2870. The first kappa shape index (κ1) is 84.1. The predicted molar refractivity (Wildman–Crippen MR) is 343 cm³/mol. The number of hydrogen-bond acceptors (Lipinski definition) is 19. The Morgan fingerprint density at radius 2 is 0.794 bits per heavy atom. The zero-order chi connectivity index (χ0) is 73.4. The van der Waals surface area contributed by atoms with Crippen molar-refractivity contribution in [1.29, 1.82) is 0 Å². The van der Waals surface area contributed by atoms with Crippen LogP contribution in [0.2, 0.25) is 10.1 Å². The van der Waals surface area contributed by atoms with Gasteiger partial charge in [-0.05, 0) is 72.3 Å². The van der Waals surface area contributed by atoms with Crippen LogP contribution in [0.5, 0.6) is 0 Å². The molecule has 1 aromatic rings.